The molecule has 1 aromatic rings. The largest absolute Gasteiger partial charge is 0.482 e. The third-order valence-electron chi connectivity index (χ3n) is 2.35. The number of ether oxygens (including phenoxy) is 1. The number of rotatable bonds is 4. The van der Waals surface area contributed by atoms with Gasteiger partial charge >= 0.3 is 0 Å². The van der Waals surface area contributed by atoms with Crippen LogP contribution in [0.2, 0.25) is 0 Å². The Kier molecular flexibility index (Phi) is 3.23. The lowest BCUT2D eigenvalue weighted by atomic mass is 10.3. The van der Waals surface area contributed by atoms with E-state index in [9.17, 15) is 13.6 Å². The van der Waals surface area contributed by atoms with E-state index in [1.807, 2.05) is 0 Å². The quantitative estimate of drug-likeness (QED) is 0.852. The zero-order valence-electron chi connectivity index (χ0n) is 8.30. The molecule has 0 atom stereocenters. The Labute approximate surface area is 99.7 Å². The van der Waals surface area contributed by atoms with Gasteiger partial charge in [0.1, 0.15) is 12.4 Å². The molecule has 2 rings (SSSR count). The lowest BCUT2D eigenvalue weighted by Crippen LogP contribution is -2.13. The first-order valence-electron chi connectivity index (χ1n) is 4.88. The highest BCUT2D eigenvalue weighted by Crippen LogP contribution is 2.32. The summed E-state index contributed by atoms with van der Waals surface area (Å²) in [6.45, 7) is -0.161. The van der Waals surface area contributed by atoms with Crippen molar-refractivity contribution >= 4 is 21.7 Å². The summed E-state index contributed by atoms with van der Waals surface area (Å²) >= 11 is 2.98. The maximum Gasteiger partial charge on any atom is 0.173 e. The minimum Gasteiger partial charge on any atom is -0.482 e. The summed E-state index contributed by atoms with van der Waals surface area (Å²) in [6.07, 6.45) is 1.77. The molecule has 0 aromatic heterocycles. The van der Waals surface area contributed by atoms with Gasteiger partial charge in [-0.3, -0.25) is 4.79 Å². The highest BCUT2D eigenvalue weighted by atomic mass is 79.9. The van der Waals surface area contributed by atoms with E-state index in [2.05, 4.69) is 15.9 Å². The maximum absolute atomic E-state index is 13.3. The van der Waals surface area contributed by atoms with Crippen molar-refractivity contribution in [2.45, 2.75) is 12.8 Å². The normalized spacial score (nSPS) is 14.9. The molecular formula is C11H9BrF2O2. The summed E-state index contributed by atoms with van der Waals surface area (Å²) in [6, 6.07) is 1.82. The molecule has 1 aliphatic carbocycles. The fourth-order valence-corrected chi connectivity index (χ4v) is 1.86. The Hall–Kier alpha value is -0.970. The van der Waals surface area contributed by atoms with Crippen LogP contribution in [-0.2, 0) is 4.79 Å². The van der Waals surface area contributed by atoms with Gasteiger partial charge in [-0.25, -0.2) is 8.78 Å². The van der Waals surface area contributed by atoms with E-state index >= 15 is 0 Å². The van der Waals surface area contributed by atoms with Crippen LogP contribution in [0.25, 0.3) is 0 Å². The average Bonchev–Trinajstić information content (AvgIpc) is 2.98. The van der Waals surface area contributed by atoms with Crippen LogP contribution >= 0.6 is 15.9 Å². The van der Waals surface area contributed by atoms with E-state index in [1.54, 1.807) is 0 Å². The van der Waals surface area contributed by atoms with Gasteiger partial charge in [0.05, 0.1) is 4.47 Å². The lowest BCUT2D eigenvalue weighted by molar-refractivity contribution is -0.122. The topological polar surface area (TPSA) is 26.3 Å². The van der Waals surface area contributed by atoms with Crippen LogP contribution in [-0.4, -0.2) is 12.4 Å². The zero-order valence-corrected chi connectivity index (χ0v) is 9.89. The third kappa shape index (κ3) is 2.58. The van der Waals surface area contributed by atoms with Crippen molar-refractivity contribution in [2.24, 2.45) is 5.92 Å². The molecule has 0 saturated heterocycles. The van der Waals surface area contributed by atoms with E-state index < -0.39 is 11.6 Å². The molecule has 5 heteroatoms. The van der Waals surface area contributed by atoms with Gasteiger partial charge in [-0.15, -0.1) is 0 Å². The first-order valence-corrected chi connectivity index (χ1v) is 5.67. The van der Waals surface area contributed by atoms with Crippen molar-refractivity contribution < 1.29 is 18.3 Å². The lowest BCUT2D eigenvalue weighted by Gasteiger charge is -2.08. The molecule has 0 heterocycles. The Morgan fingerprint density at radius 3 is 2.69 bits per heavy atom. The van der Waals surface area contributed by atoms with Crippen LogP contribution in [0.3, 0.4) is 0 Å². The molecule has 0 amide bonds. The van der Waals surface area contributed by atoms with Gasteiger partial charge in [-0.1, -0.05) is 0 Å². The number of halogens is 3. The molecule has 0 aliphatic heterocycles. The fourth-order valence-electron chi connectivity index (χ4n) is 1.33. The first kappa shape index (κ1) is 11.5. The Bertz CT molecular complexity index is 407. The van der Waals surface area contributed by atoms with E-state index in [0.29, 0.717) is 0 Å². The van der Waals surface area contributed by atoms with Crippen LogP contribution < -0.4 is 4.74 Å². The van der Waals surface area contributed by atoms with E-state index in [4.69, 9.17) is 4.74 Å². The number of hydrogen-bond donors (Lipinski definition) is 0. The number of carbonyl (C=O) groups is 1. The summed E-state index contributed by atoms with van der Waals surface area (Å²) in [5.41, 5.74) is 0. The van der Waals surface area contributed by atoms with Gasteiger partial charge in [0.15, 0.2) is 17.3 Å². The van der Waals surface area contributed by atoms with Crippen LogP contribution in [0, 0.1) is 17.6 Å². The standard InChI is InChI=1S/C11H9BrF2O2/c12-8-3-7(13)4-9(14)11(8)16-5-10(15)6-1-2-6/h3-4,6H,1-2,5H2. The molecule has 1 aromatic carbocycles. The predicted octanol–water partition coefficient (Wildman–Crippen LogP) is 3.09. The molecule has 0 unspecified atom stereocenters. The minimum absolute atomic E-state index is 0.0318. The molecule has 0 radical (unpaired) electrons. The predicted molar refractivity (Wildman–Crippen MR) is 57.3 cm³/mol. The average molecular weight is 291 g/mol. The molecular weight excluding hydrogens is 282 g/mol. The van der Waals surface area contributed by atoms with Gasteiger partial charge in [-0.05, 0) is 34.8 Å². The van der Waals surface area contributed by atoms with Crippen molar-refractivity contribution in [2.75, 3.05) is 6.61 Å². The maximum atomic E-state index is 13.3. The number of ketones is 1. The van der Waals surface area contributed by atoms with Gasteiger partial charge < -0.3 is 4.74 Å². The van der Waals surface area contributed by atoms with E-state index in [0.717, 1.165) is 25.0 Å². The van der Waals surface area contributed by atoms with E-state index in [-0.39, 0.29) is 28.5 Å². The molecule has 1 saturated carbocycles. The van der Waals surface area contributed by atoms with Crippen molar-refractivity contribution in [1.82, 2.24) is 0 Å². The highest BCUT2D eigenvalue weighted by Gasteiger charge is 2.30. The van der Waals surface area contributed by atoms with Crippen molar-refractivity contribution in [3.63, 3.8) is 0 Å². The Morgan fingerprint density at radius 2 is 2.12 bits per heavy atom. The summed E-state index contributed by atoms with van der Waals surface area (Å²) in [5, 5.41) is 0. The molecule has 16 heavy (non-hydrogen) atoms. The van der Waals surface area contributed by atoms with Gasteiger partial charge in [0, 0.05) is 12.0 Å². The number of Topliss-reactive ketones (excluding diaryl/α,β-unsaturated/α-hetero) is 1. The fraction of sp³-hybridized carbons (Fsp3) is 0.364. The summed E-state index contributed by atoms with van der Waals surface area (Å²) < 4.78 is 31.2. The SMILES string of the molecule is O=C(COc1c(F)cc(F)cc1Br)C1CC1. The molecule has 0 spiro atoms. The Balaban J connectivity index is 2.05. The second-order valence-electron chi connectivity index (χ2n) is 3.73. The van der Waals surface area contributed by atoms with Crippen LogP contribution in [0.15, 0.2) is 16.6 Å². The molecule has 2 nitrogen and oxygen atoms in total. The number of carbonyl (C=O) groups excluding carboxylic acids is 1. The minimum atomic E-state index is -0.810. The van der Waals surface area contributed by atoms with Crippen molar-refractivity contribution in [3.8, 4) is 5.75 Å². The van der Waals surface area contributed by atoms with Gasteiger partial charge in [-0.2, -0.15) is 0 Å². The van der Waals surface area contributed by atoms with Crippen LogP contribution in [0.5, 0.6) is 5.75 Å². The third-order valence-corrected chi connectivity index (χ3v) is 2.94. The Morgan fingerprint density at radius 1 is 1.44 bits per heavy atom. The highest BCUT2D eigenvalue weighted by molar-refractivity contribution is 9.10. The number of hydrogen-bond acceptors (Lipinski definition) is 2. The summed E-state index contributed by atoms with van der Waals surface area (Å²) in [4.78, 5) is 11.3. The second-order valence-corrected chi connectivity index (χ2v) is 4.58. The van der Waals surface area contributed by atoms with Gasteiger partial charge in [0.2, 0.25) is 0 Å². The van der Waals surface area contributed by atoms with Crippen LogP contribution in [0.4, 0.5) is 8.78 Å². The molecule has 86 valence electrons. The number of benzene rings is 1. The molecule has 1 fully saturated rings. The molecule has 0 N–H and O–H groups in total. The zero-order chi connectivity index (χ0) is 11.7. The molecule has 1 aliphatic rings. The van der Waals surface area contributed by atoms with E-state index in [1.165, 1.54) is 0 Å². The first-order chi connectivity index (χ1) is 7.58. The van der Waals surface area contributed by atoms with Crippen molar-refractivity contribution in [3.05, 3.63) is 28.2 Å². The summed E-state index contributed by atoms with van der Waals surface area (Å²) in [5.74, 6) is -1.57. The molecule has 0 bridgehead atoms. The monoisotopic (exact) mass is 290 g/mol. The smallest absolute Gasteiger partial charge is 0.173 e. The summed E-state index contributed by atoms with van der Waals surface area (Å²) in [7, 11) is 0. The van der Waals surface area contributed by atoms with Gasteiger partial charge in [0.25, 0.3) is 0 Å². The van der Waals surface area contributed by atoms with Crippen LogP contribution in [0.1, 0.15) is 12.8 Å². The second kappa shape index (κ2) is 4.49. The van der Waals surface area contributed by atoms with Crippen molar-refractivity contribution in [1.29, 1.82) is 0 Å².